The van der Waals surface area contributed by atoms with E-state index >= 15 is 0 Å². The molecule has 10 aliphatic rings. The molecule has 0 fully saturated rings. The van der Waals surface area contributed by atoms with Gasteiger partial charge in [0.25, 0.3) is 0 Å². The van der Waals surface area contributed by atoms with Crippen molar-refractivity contribution in [1.29, 1.82) is 0 Å². The lowest BCUT2D eigenvalue weighted by molar-refractivity contribution is 0.755. The second-order valence-electron chi connectivity index (χ2n) is 24.3. The Morgan fingerprint density at radius 2 is 0.637 bits per heavy atom. The van der Waals surface area contributed by atoms with Gasteiger partial charge in [0.15, 0.2) is 16.1 Å². The molecule has 3 spiro atoms. The van der Waals surface area contributed by atoms with Crippen molar-refractivity contribution in [3.63, 3.8) is 0 Å². The number of benzene rings is 12. The first-order chi connectivity index (χ1) is 39.3. The van der Waals surface area contributed by atoms with E-state index < -0.39 is 21.6 Å². The zero-order valence-electron chi connectivity index (χ0n) is 44.8. The molecule has 7 aliphatic heterocycles. The van der Waals surface area contributed by atoms with Crippen LogP contribution >= 0.6 is 0 Å². The molecular weight excluding hydrogens is 995 g/mol. The summed E-state index contributed by atoms with van der Waals surface area (Å²) in [7, 11) is -6.66. The maximum absolute atomic E-state index is 3.34. The number of rotatable bonds is 1. The highest BCUT2D eigenvalue weighted by Crippen LogP contribution is 2.66. The third-order valence-corrected chi connectivity index (χ3v) is 30.7. The summed E-state index contributed by atoms with van der Waals surface area (Å²) < 4.78 is 0. The fourth-order valence-electron chi connectivity index (χ4n) is 18.3. The number of nitrogens with zero attached hydrogens (tertiary/aromatic N) is 1. The molecule has 2 atom stereocenters. The van der Waals surface area contributed by atoms with Crippen molar-refractivity contribution in [2.24, 2.45) is 0 Å². The molecule has 0 radical (unpaired) electrons. The summed E-state index contributed by atoms with van der Waals surface area (Å²) >= 11 is 0. The largest absolute Gasteiger partial charge is 0.310 e. The molecule has 12 aromatic carbocycles. The van der Waals surface area contributed by atoms with Crippen molar-refractivity contribution in [3.8, 4) is 89.0 Å². The molecule has 7 heterocycles. The van der Waals surface area contributed by atoms with Gasteiger partial charge in [-0.1, -0.05) is 200 Å². The number of aryl methyl sites for hydroxylation is 4. The van der Waals surface area contributed by atoms with Gasteiger partial charge in [-0.15, -0.1) is 0 Å². The monoisotopic (exact) mass is 1040 g/mol. The number of anilines is 3. The van der Waals surface area contributed by atoms with E-state index in [0.29, 0.717) is 0 Å². The van der Waals surface area contributed by atoms with Gasteiger partial charge in [0.1, 0.15) is 0 Å². The molecule has 0 N–H and O–H groups in total. The summed E-state index contributed by atoms with van der Waals surface area (Å²) in [5, 5.41) is 12.1. The van der Waals surface area contributed by atoms with Crippen LogP contribution in [0.15, 0.2) is 224 Å². The van der Waals surface area contributed by atoms with Gasteiger partial charge in [-0.05, 0) is 227 Å². The molecule has 80 heavy (non-hydrogen) atoms. The first-order valence-corrected chi connectivity index (χ1v) is 32.7. The lowest BCUT2D eigenvalue weighted by atomic mass is 9.63. The Kier molecular flexibility index (Phi) is 7.50. The predicted molar refractivity (Wildman–Crippen MR) is 338 cm³/mol. The fraction of sp³-hybridized carbons (Fsp3) is 0.0649. The Balaban J connectivity index is 1.11. The van der Waals surface area contributed by atoms with Crippen LogP contribution in [0.1, 0.15) is 44.5 Å². The molecule has 12 aromatic rings. The van der Waals surface area contributed by atoms with Crippen molar-refractivity contribution in [3.05, 3.63) is 269 Å². The molecular formula is C77H49NSi2. The maximum atomic E-state index is 2.94. The lowest BCUT2D eigenvalue weighted by Gasteiger charge is -2.57. The van der Waals surface area contributed by atoms with Gasteiger partial charge in [-0.3, -0.25) is 0 Å². The molecule has 22 rings (SSSR count). The third-order valence-electron chi connectivity index (χ3n) is 21.0. The van der Waals surface area contributed by atoms with E-state index in [2.05, 4.69) is 257 Å². The summed E-state index contributed by atoms with van der Waals surface area (Å²) in [5.74, 6) is 0. The summed E-state index contributed by atoms with van der Waals surface area (Å²) in [4.78, 5) is 2.94. The van der Waals surface area contributed by atoms with Gasteiger partial charge in [0.05, 0.1) is 16.8 Å². The second kappa shape index (κ2) is 14.0. The van der Waals surface area contributed by atoms with Gasteiger partial charge in [0.2, 0.25) is 0 Å². The molecule has 370 valence electrons. The molecule has 0 saturated carbocycles. The average molecular weight is 1040 g/mol. The molecule has 3 heteroatoms. The molecule has 0 amide bonds. The van der Waals surface area contributed by atoms with E-state index in [-0.39, 0.29) is 0 Å². The van der Waals surface area contributed by atoms with Crippen LogP contribution in [0.25, 0.3) is 89.0 Å². The van der Waals surface area contributed by atoms with Crippen molar-refractivity contribution < 1.29 is 0 Å². The topological polar surface area (TPSA) is 3.24 Å². The van der Waals surface area contributed by atoms with E-state index in [4.69, 9.17) is 0 Å². The second-order valence-corrected chi connectivity index (χ2v) is 31.6. The summed E-state index contributed by atoms with van der Waals surface area (Å²) in [6.07, 6.45) is 0. The Morgan fingerprint density at radius 1 is 0.250 bits per heavy atom. The highest BCUT2D eigenvalue weighted by atomic mass is 28.3. The minimum Gasteiger partial charge on any atom is -0.310 e. The van der Waals surface area contributed by atoms with Crippen LogP contribution in [0, 0.1) is 27.7 Å². The normalized spacial score (nSPS) is 18.2. The third kappa shape index (κ3) is 4.45. The minimum atomic E-state index is -3.34. The molecule has 0 saturated heterocycles. The van der Waals surface area contributed by atoms with Gasteiger partial charge in [0, 0.05) is 5.69 Å². The summed E-state index contributed by atoms with van der Waals surface area (Å²) in [5.41, 5.74) is 35.8. The Bertz CT molecular complexity index is 4960. The summed E-state index contributed by atoms with van der Waals surface area (Å²) in [6.45, 7) is 9.39. The fourth-order valence-corrected chi connectivity index (χ4v) is 29.6. The van der Waals surface area contributed by atoms with Crippen LogP contribution in [0.5, 0.6) is 0 Å². The van der Waals surface area contributed by atoms with Gasteiger partial charge in [-0.25, -0.2) is 0 Å². The Hall–Kier alpha value is -9.13. The van der Waals surface area contributed by atoms with E-state index in [1.807, 2.05) is 0 Å². The molecule has 2 unspecified atom stereocenters. The van der Waals surface area contributed by atoms with Crippen LogP contribution in [0.2, 0.25) is 0 Å². The first-order valence-electron chi connectivity index (χ1n) is 28.7. The lowest BCUT2D eigenvalue weighted by Crippen LogP contribution is -2.81. The quantitative estimate of drug-likeness (QED) is 0.148. The number of hydrogen-bond acceptors (Lipinski definition) is 1. The van der Waals surface area contributed by atoms with Gasteiger partial charge >= 0.3 is 0 Å². The standard InChI is InChI=1S/C77H49NSi2/c1-42-16-13-17-43(2)71(42)48-36-61-74-67(38-48)79(63-27-10-6-21-54(63)55-22-7-11-28-64(55)79)69-40-50-41-70-76(69)78(74)75-62-37-49(72-44(3)18-14-24-51(72)46-30-32-60-57(34-46)53-20-5-9-26-59(53)77(60,61)62)39-68(75)80(70)65-29-12-8-23-56(65)58-35-47(31-33-66(58)80)52-25-15-19-45(4)73(50)52/h5-41H,1-4H3. The van der Waals surface area contributed by atoms with E-state index in [1.165, 1.54) is 192 Å². The maximum Gasteiger partial charge on any atom is 0.185 e. The van der Waals surface area contributed by atoms with Crippen molar-refractivity contribution in [2.75, 3.05) is 4.90 Å². The highest BCUT2D eigenvalue weighted by Gasteiger charge is 2.66. The van der Waals surface area contributed by atoms with Crippen LogP contribution in [-0.2, 0) is 5.41 Å². The van der Waals surface area contributed by atoms with Gasteiger partial charge < -0.3 is 4.90 Å². The molecule has 12 bridgehead atoms. The Labute approximate surface area is 467 Å². The van der Waals surface area contributed by atoms with Crippen LogP contribution in [0.4, 0.5) is 17.1 Å². The SMILES string of the molecule is Cc1cccc(C)c1-c1cc2c3c(c1)[Si]1(c4ccccc4-c4ccccc41)c1cc4cc5c1N3c1c3cc(cc1[Si]51c5ccccc5-c5cc(ccc51)-c1cccc(C)c1-4)-c1c(C)cccc1-c1ccc4c(c1)-c1ccccc1C423. The van der Waals surface area contributed by atoms with Crippen LogP contribution in [-0.4, -0.2) is 16.1 Å². The Morgan fingerprint density at radius 3 is 1.20 bits per heavy atom. The minimum absolute atomic E-state index is 0.679. The zero-order valence-corrected chi connectivity index (χ0v) is 46.8. The van der Waals surface area contributed by atoms with Crippen LogP contribution in [0.3, 0.4) is 0 Å². The number of hydrogen-bond donors (Lipinski definition) is 0. The highest BCUT2D eigenvalue weighted by molar-refractivity contribution is 7.27. The van der Waals surface area contributed by atoms with Crippen LogP contribution < -0.4 is 46.4 Å². The first kappa shape index (κ1) is 42.8. The zero-order chi connectivity index (χ0) is 52.4. The molecule has 1 nitrogen and oxygen atoms in total. The predicted octanol–water partition coefficient (Wildman–Crippen LogP) is 13.4. The van der Waals surface area contributed by atoms with Gasteiger partial charge in [-0.2, -0.15) is 0 Å². The van der Waals surface area contributed by atoms with E-state index in [1.54, 1.807) is 0 Å². The summed E-state index contributed by atoms with van der Waals surface area (Å²) in [6, 6.07) is 91.4. The molecule has 0 aromatic heterocycles. The van der Waals surface area contributed by atoms with Crippen molar-refractivity contribution >= 4 is 74.7 Å². The molecule has 3 aliphatic carbocycles. The smallest absolute Gasteiger partial charge is 0.185 e. The van der Waals surface area contributed by atoms with E-state index in [0.717, 1.165) is 0 Å². The number of fused-ring (bicyclic) bond motifs is 11. The average Bonchev–Trinajstić information content (AvgIpc) is 3.85. The van der Waals surface area contributed by atoms with E-state index in [9.17, 15) is 0 Å². The van der Waals surface area contributed by atoms with Crippen molar-refractivity contribution in [2.45, 2.75) is 33.1 Å². The van der Waals surface area contributed by atoms with Crippen molar-refractivity contribution in [1.82, 2.24) is 0 Å².